The Morgan fingerprint density at radius 2 is 1.94 bits per heavy atom. The first-order valence-electron chi connectivity index (χ1n) is 5.65. The van der Waals surface area contributed by atoms with E-state index in [1.165, 1.54) is 0 Å². The number of aromatic amines is 2. The Labute approximate surface area is 99.6 Å². The van der Waals surface area contributed by atoms with E-state index >= 15 is 0 Å². The van der Waals surface area contributed by atoms with Gasteiger partial charge < -0.3 is 20.6 Å². The molecule has 1 aromatic carbocycles. The van der Waals surface area contributed by atoms with E-state index in [2.05, 4.69) is 34.4 Å². The number of nitrogens with one attached hydrogen (secondary N) is 4. The molecule has 0 spiro atoms. The van der Waals surface area contributed by atoms with Crippen molar-refractivity contribution in [2.45, 2.75) is 19.4 Å². The van der Waals surface area contributed by atoms with Crippen molar-refractivity contribution < 1.29 is 0 Å². The molecule has 0 atom stereocenters. The average Bonchev–Trinajstić information content (AvgIpc) is 2.56. The highest BCUT2D eigenvalue weighted by Gasteiger charge is 2.16. The van der Waals surface area contributed by atoms with Crippen LogP contribution in [0.3, 0.4) is 0 Å². The minimum Gasteiger partial charge on any atom is -0.379 e. The molecule has 92 valence electrons. The number of fused-ring (bicyclic) bond motifs is 1. The molecule has 0 saturated heterocycles. The SMILES string of the molecule is CNCC(C)(C)Nc1ccc2[nH]c(=O)[nH]c2c1. The van der Waals surface area contributed by atoms with Crippen LogP contribution in [-0.4, -0.2) is 29.1 Å². The molecule has 0 amide bonds. The van der Waals surface area contributed by atoms with E-state index in [-0.39, 0.29) is 11.2 Å². The fourth-order valence-corrected chi connectivity index (χ4v) is 1.99. The Morgan fingerprint density at radius 1 is 1.24 bits per heavy atom. The Balaban J connectivity index is 2.27. The van der Waals surface area contributed by atoms with E-state index in [4.69, 9.17) is 0 Å². The number of H-pyrrole nitrogens is 2. The van der Waals surface area contributed by atoms with Crippen molar-refractivity contribution in [3.8, 4) is 0 Å². The molecule has 5 nitrogen and oxygen atoms in total. The van der Waals surface area contributed by atoms with Crippen molar-refractivity contribution in [3.63, 3.8) is 0 Å². The summed E-state index contributed by atoms with van der Waals surface area (Å²) in [5.41, 5.74) is 2.42. The molecule has 0 radical (unpaired) electrons. The lowest BCUT2D eigenvalue weighted by Gasteiger charge is -2.27. The predicted molar refractivity (Wildman–Crippen MR) is 70.5 cm³/mol. The molecule has 2 rings (SSSR count). The predicted octanol–water partition coefficient (Wildman–Crippen LogP) is 1.27. The maximum Gasteiger partial charge on any atom is 0.323 e. The summed E-state index contributed by atoms with van der Waals surface area (Å²) in [5, 5.41) is 6.57. The van der Waals surface area contributed by atoms with Crippen molar-refractivity contribution >= 4 is 16.7 Å². The second-order valence-electron chi connectivity index (χ2n) is 4.88. The number of likely N-dealkylation sites (N-methyl/N-ethyl adjacent to an activating group) is 1. The Morgan fingerprint density at radius 3 is 2.65 bits per heavy atom. The zero-order valence-electron chi connectivity index (χ0n) is 10.3. The number of rotatable bonds is 4. The third-order valence-corrected chi connectivity index (χ3v) is 2.62. The van der Waals surface area contributed by atoms with Crippen LogP contribution in [0.1, 0.15) is 13.8 Å². The van der Waals surface area contributed by atoms with Crippen molar-refractivity contribution in [3.05, 3.63) is 28.7 Å². The highest BCUT2D eigenvalue weighted by Crippen LogP contribution is 2.18. The van der Waals surface area contributed by atoms with Gasteiger partial charge in [0.1, 0.15) is 0 Å². The molecule has 0 fully saturated rings. The highest BCUT2D eigenvalue weighted by molar-refractivity contribution is 5.78. The third kappa shape index (κ3) is 2.68. The number of aromatic nitrogens is 2. The summed E-state index contributed by atoms with van der Waals surface area (Å²) in [6.45, 7) is 5.09. The summed E-state index contributed by atoms with van der Waals surface area (Å²) < 4.78 is 0. The summed E-state index contributed by atoms with van der Waals surface area (Å²) in [6.07, 6.45) is 0. The number of anilines is 1. The summed E-state index contributed by atoms with van der Waals surface area (Å²) in [5.74, 6) is 0. The fourth-order valence-electron chi connectivity index (χ4n) is 1.99. The molecule has 4 N–H and O–H groups in total. The van der Waals surface area contributed by atoms with Gasteiger partial charge in [-0.3, -0.25) is 0 Å². The first kappa shape index (κ1) is 11.7. The minimum absolute atomic E-state index is 0.0426. The summed E-state index contributed by atoms with van der Waals surface area (Å²) in [4.78, 5) is 16.6. The van der Waals surface area contributed by atoms with Gasteiger partial charge in [0.15, 0.2) is 0 Å². The zero-order chi connectivity index (χ0) is 12.5. The summed E-state index contributed by atoms with van der Waals surface area (Å²) in [6, 6.07) is 5.79. The van der Waals surface area contributed by atoms with E-state index in [0.29, 0.717) is 0 Å². The molecule has 0 saturated carbocycles. The maximum absolute atomic E-state index is 11.1. The van der Waals surface area contributed by atoms with Crippen LogP contribution in [0.25, 0.3) is 11.0 Å². The molecule has 0 aliphatic heterocycles. The number of hydrogen-bond donors (Lipinski definition) is 4. The van der Waals surface area contributed by atoms with Crippen LogP contribution in [-0.2, 0) is 0 Å². The van der Waals surface area contributed by atoms with Gasteiger partial charge in [-0.1, -0.05) is 0 Å². The van der Waals surface area contributed by atoms with Gasteiger partial charge in [0.2, 0.25) is 0 Å². The minimum atomic E-state index is -0.174. The molecule has 2 aromatic rings. The molecule has 17 heavy (non-hydrogen) atoms. The molecule has 0 unspecified atom stereocenters. The van der Waals surface area contributed by atoms with Gasteiger partial charge in [0, 0.05) is 17.8 Å². The molecule has 5 heteroatoms. The lowest BCUT2D eigenvalue weighted by atomic mass is 10.1. The van der Waals surface area contributed by atoms with E-state index < -0.39 is 0 Å². The van der Waals surface area contributed by atoms with Gasteiger partial charge in [-0.2, -0.15) is 0 Å². The number of imidazole rings is 1. The largest absolute Gasteiger partial charge is 0.379 e. The second-order valence-corrected chi connectivity index (χ2v) is 4.88. The van der Waals surface area contributed by atoms with Gasteiger partial charge in [-0.05, 0) is 39.1 Å². The Bertz CT molecular complexity index is 567. The number of hydrogen-bond acceptors (Lipinski definition) is 3. The van der Waals surface area contributed by atoms with Crippen LogP contribution in [0.5, 0.6) is 0 Å². The maximum atomic E-state index is 11.1. The fraction of sp³-hybridized carbons (Fsp3) is 0.417. The third-order valence-electron chi connectivity index (χ3n) is 2.62. The molecule has 0 bridgehead atoms. The van der Waals surface area contributed by atoms with Crippen LogP contribution in [0.4, 0.5) is 5.69 Å². The smallest absolute Gasteiger partial charge is 0.323 e. The van der Waals surface area contributed by atoms with Gasteiger partial charge in [0.25, 0.3) is 0 Å². The van der Waals surface area contributed by atoms with Crippen molar-refractivity contribution in [2.24, 2.45) is 0 Å². The monoisotopic (exact) mass is 234 g/mol. The standard InChI is InChI=1S/C12H18N4O/c1-12(2,7-13-3)16-8-4-5-9-10(6-8)15-11(17)14-9/h4-6,13,16H,7H2,1-3H3,(H2,14,15,17). The first-order chi connectivity index (χ1) is 8.00. The van der Waals surface area contributed by atoms with Crippen molar-refractivity contribution in [1.82, 2.24) is 15.3 Å². The lowest BCUT2D eigenvalue weighted by molar-refractivity contribution is 0.530. The van der Waals surface area contributed by atoms with E-state index in [9.17, 15) is 4.79 Å². The summed E-state index contributed by atoms with van der Waals surface area (Å²) >= 11 is 0. The average molecular weight is 234 g/mol. The van der Waals surface area contributed by atoms with Crippen LogP contribution >= 0.6 is 0 Å². The topological polar surface area (TPSA) is 72.7 Å². The first-order valence-corrected chi connectivity index (χ1v) is 5.65. The van der Waals surface area contributed by atoms with E-state index in [0.717, 1.165) is 23.3 Å². The van der Waals surface area contributed by atoms with Gasteiger partial charge in [-0.15, -0.1) is 0 Å². The quantitative estimate of drug-likeness (QED) is 0.643. The van der Waals surface area contributed by atoms with Gasteiger partial charge in [-0.25, -0.2) is 4.79 Å². The molecule has 0 aliphatic rings. The molecule has 0 aliphatic carbocycles. The highest BCUT2D eigenvalue weighted by atomic mass is 16.1. The zero-order valence-corrected chi connectivity index (χ0v) is 10.3. The Hall–Kier alpha value is -1.75. The van der Waals surface area contributed by atoms with Crippen molar-refractivity contribution in [1.29, 1.82) is 0 Å². The molecule has 1 heterocycles. The Kier molecular flexibility index (Phi) is 2.93. The second kappa shape index (κ2) is 4.25. The van der Waals surface area contributed by atoms with E-state index in [1.54, 1.807) is 0 Å². The molecule has 1 aromatic heterocycles. The van der Waals surface area contributed by atoms with Gasteiger partial charge in [0.05, 0.1) is 11.0 Å². The molecular formula is C12H18N4O. The van der Waals surface area contributed by atoms with Crippen LogP contribution in [0.15, 0.2) is 23.0 Å². The van der Waals surface area contributed by atoms with Crippen LogP contribution in [0.2, 0.25) is 0 Å². The van der Waals surface area contributed by atoms with Crippen LogP contribution in [0, 0.1) is 0 Å². The molecular weight excluding hydrogens is 216 g/mol. The lowest BCUT2D eigenvalue weighted by Crippen LogP contribution is -2.40. The number of benzene rings is 1. The van der Waals surface area contributed by atoms with E-state index in [1.807, 2.05) is 25.2 Å². The van der Waals surface area contributed by atoms with Gasteiger partial charge >= 0.3 is 5.69 Å². The van der Waals surface area contributed by atoms with Crippen LogP contribution < -0.4 is 16.3 Å². The normalized spacial score (nSPS) is 11.9. The summed E-state index contributed by atoms with van der Waals surface area (Å²) in [7, 11) is 1.93. The van der Waals surface area contributed by atoms with Crippen molar-refractivity contribution in [2.75, 3.05) is 18.9 Å².